The molecule has 1 aromatic heterocycles. The summed E-state index contributed by atoms with van der Waals surface area (Å²) in [5.74, 6) is -0.863. The summed E-state index contributed by atoms with van der Waals surface area (Å²) in [4.78, 5) is 19.4. The van der Waals surface area contributed by atoms with Crippen LogP contribution < -0.4 is 5.32 Å². The van der Waals surface area contributed by atoms with Crippen molar-refractivity contribution in [3.8, 4) is 0 Å². The van der Waals surface area contributed by atoms with E-state index >= 15 is 0 Å². The van der Waals surface area contributed by atoms with Crippen molar-refractivity contribution in [2.24, 2.45) is 0 Å². The standard InChI is InChI=1S/C11H5BrCl2FN3O/c12-7-3-5(15)1-2-6(7)11(19)18-10-8(13)9(14)16-4-17-10/h1-4H,(H,16,17,18,19). The molecular formula is C11H5BrCl2FN3O. The molecule has 0 atom stereocenters. The van der Waals surface area contributed by atoms with Crippen molar-refractivity contribution < 1.29 is 9.18 Å². The molecule has 0 fully saturated rings. The molecule has 1 amide bonds. The maximum atomic E-state index is 12.9. The number of rotatable bonds is 2. The van der Waals surface area contributed by atoms with Gasteiger partial charge in [0.05, 0.1) is 5.56 Å². The summed E-state index contributed by atoms with van der Waals surface area (Å²) in [5.41, 5.74) is 0.243. The number of carbonyl (C=O) groups excluding carboxylic acids is 1. The van der Waals surface area contributed by atoms with Gasteiger partial charge >= 0.3 is 0 Å². The van der Waals surface area contributed by atoms with E-state index in [2.05, 4.69) is 31.2 Å². The number of nitrogens with one attached hydrogen (secondary N) is 1. The van der Waals surface area contributed by atoms with Gasteiger partial charge in [-0.3, -0.25) is 4.79 Å². The van der Waals surface area contributed by atoms with E-state index in [9.17, 15) is 9.18 Å². The monoisotopic (exact) mass is 363 g/mol. The molecule has 0 aliphatic heterocycles. The molecule has 0 saturated carbocycles. The first-order valence-electron chi connectivity index (χ1n) is 4.91. The van der Waals surface area contributed by atoms with E-state index in [-0.39, 0.29) is 21.6 Å². The van der Waals surface area contributed by atoms with Gasteiger partial charge in [-0.1, -0.05) is 23.2 Å². The topological polar surface area (TPSA) is 54.9 Å². The molecule has 4 nitrogen and oxygen atoms in total. The van der Waals surface area contributed by atoms with Crippen molar-refractivity contribution in [1.29, 1.82) is 0 Å². The SMILES string of the molecule is O=C(Nc1ncnc(Cl)c1Cl)c1ccc(F)cc1Br. The van der Waals surface area contributed by atoms with Crippen LogP contribution >= 0.6 is 39.1 Å². The summed E-state index contributed by atoms with van der Waals surface area (Å²) >= 11 is 14.6. The molecule has 0 bridgehead atoms. The van der Waals surface area contributed by atoms with Crippen molar-refractivity contribution in [3.63, 3.8) is 0 Å². The van der Waals surface area contributed by atoms with Gasteiger partial charge in [-0.15, -0.1) is 0 Å². The Morgan fingerprint density at radius 3 is 2.74 bits per heavy atom. The molecule has 2 aromatic rings. The maximum absolute atomic E-state index is 12.9. The van der Waals surface area contributed by atoms with E-state index in [1.165, 1.54) is 24.5 Å². The van der Waals surface area contributed by atoms with E-state index in [0.29, 0.717) is 4.47 Å². The minimum atomic E-state index is -0.497. The molecule has 2 rings (SSSR count). The van der Waals surface area contributed by atoms with Gasteiger partial charge in [0.15, 0.2) is 11.0 Å². The highest BCUT2D eigenvalue weighted by atomic mass is 79.9. The Kier molecular flexibility index (Phi) is 4.34. The lowest BCUT2D eigenvalue weighted by molar-refractivity contribution is 0.102. The van der Waals surface area contributed by atoms with Crippen LogP contribution in [0.3, 0.4) is 0 Å². The number of halogens is 4. The molecule has 0 aliphatic rings. The molecule has 1 N–H and O–H groups in total. The van der Waals surface area contributed by atoms with Gasteiger partial charge in [0, 0.05) is 4.47 Å². The average Bonchev–Trinajstić information content (AvgIpc) is 2.34. The van der Waals surface area contributed by atoms with Crippen molar-refractivity contribution in [3.05, 3.63) is 50.6 Å². The van der Waals surface area contributed by atoms with Gasteiger partial charge < -0.3 is 5.32 Å². The average molecular weight is 365 g/mol. The highest BCUT2D eigenvalue weighted by Crippen LogP contribution is 2.26. The second-order valence-corrected chi connectivity index (χ2v) is 5.00. The Morgan fingerprint density at radius 2 is 2.05 bits per heavy atom. The predicted octanol–water partition coefficient (Wildman–Crippen LogP) is 3.94. The molecule has 8 heteroatoms. The second kappa shape index (κ2) is 5.81. The van der Waals surface area contributed by atoms with Crippen LogP contribution in [-0.2, 0) is 0 Å². The second-order valence-electron chi connectivity index (χ2n) is 3.41. The smallest absolute Gasteiger partial charge is 0.258 e. The molecule has 98 valence electrons. The minimum absolute atomic E-state index is 0.0325. The number of nitrogens with zero attached hydrogens (tertiary/aromatic N) is 2. The number of carbonyl (C=O) groups is 1. The number of aromatic nitrogens is 2. The summed E-state index contributed by atoms with van der Waals surface area (Å²) in [6.07, 6.45) is 1.17. The van der Waals surface area contributed by atoms with E-state index in [1.807, 2.05) is 0 Å². The molecule has 0 spiro atoms. The molecular weight excluding hydrogens is 360 g/mol. The molecule has 0 aliphatic carbocycles. The van der Waals surface area contributed by atoms with Crippen molar-refractivity contribution in [2.75, 3.05) is 5.32 Å². The normalized spacial score (nSPS) is 10.3. The summed E-state index contributed by atoms with van der Waals surface area (Å²) in [5, 5.41) is 2.54. The lowest BCUT2D eigenvalue weighted by Crippen LogP contribution is -2.14. The van der Waals surface area contributed by atoms with Crippen LogP contribution in [0.4, 0.5) is 10.2 Å². The number of anilines is 1. The summed E-state index contributed by atoms with van der Waals surface area (Å²) < 4.78 is 13.3. The first kappa shape index (κ1) is 14.2. The van der Waals surface area contributed by atoms with E-state index in [1.54, 1.807) is 0 Å². The number of benzene rings is 1. The fraction of sp³-hybridized carbons (Fsp3) is 0. The first-order chi connectivity index (χ1) is 8.99. The Morgan fingerprint density at radius 1 is 1.32 bits per heavy atom. The summed E-state index contributed by atoms with van der Waals surface area (Å²) in [6, 6.07) is 3.70. The lowest BCUT2D eigenvalue weighted by atomic mass is 10.2. The fourth-order valence-corrected chi connectivity index (χ4v) is 2.09. The largest absolute Gasteiger partial charge is 0.305 e. The molecule has 0 radical (unpaired) electrons. The van der Waals surface area contributed by atoms with Gasteiger partial charge in [0.25, 0.3) is 5.91 Å². The number of hydrogen-bond donors (Lipinski definition) is 1. The van der Waals surface area contributed by atoms with E-state index < -0.39 is 11.7 Å². The summed E-state index contributed by atoms with van der Waals surface area (Å²) in [6.45, 7) is 0. The van der Waals surface area contributed by atoms with Crippen LogP contribution in [0.15, 0.2) is 29.0 Å². The van der Waals surface area contributed by atoms with Crippen LogP contribution in [0.25, 0.3) is 0 Å². The summed E-state index contributed by atoms with van der Waals surface area (Å²) in [7, 11) is 0. The van der Waals surface area contributed by atoms with Crippen LogP contribution in [0, 0.1) is 5.82 Å². The molecule has 0 saturated heterocycles. The van der Waals surface area contributed by atoms with Gasteiger partial charge in [0.1, 0.15) is 17.2 Å². The zero-order valence-corrected chi connectivity index (χ0v) is 12.2. The molecule has 0 unspecified atom stereocenters. The third kappa shape index (κ3) is 3.20. The van der Waals surface area contributed by atoms with E-state index in [4.69, 9.17) is 23.2 Å². The zero-order chi connectivity index (χ0) is 14.0. The molecule has 19 heavy (non-hydrogen) atoms. The molecule has 1 heterocycles. The van der Waals surface area contributed by atoms with Gasteiger partial charge in [-0.25, -0.2) is 14.4 Å². The highest BCUT2D eigenvalue weighted by Gasteiger charge is 2.14. The molecule has 1 aromatic carbocycles. The number of amides is 1. The third-order valence-corrected chi connectivity index (χ3v) is 3.55. The lowest BCUT2D eigenvalue weighted by Gasteiger charge is -2.07. The van der Waals surface area contributed by atoms with Gasteiger partial charge in [-0.05, 0) is 34.1 Å². The quantitative estimate of drug-likeness (QED) is 0.821. The van der Waals surface area contributed by atoms with Crippen LogP contribution in [0.2, 0.25) is 10.2 Å². The fourth-order valence-electron chi connectivity index (χ4n) is 1.28. The maximum Gasteiger partial charge on any atom is 0.258 e. The Labute approximate surface area is 126 Å². The van der Waals surface area contributed by atoms with Crippen molar-refractivity contribution >= 4 is 50.9 Å². The Bertz CT molecular complexity index is 654. The Balaban J connectivity index is 2.28. The van der Waals surface area contributed by atoms with Crippen LogP contribution in [-0.4, -0.2) is 15.9 Å². The van der Waals surface area contributed by atoms with E-state index in [0.717, 1.165) is 0 Å². The third-order valence-electron chi connectivity index (χ3n) is 2.15. The zero-order valence-electron chi connectivity index (χ0n) is 9.12. The predicted molar refractivity (Wildman–Crippen MR) is 74.1 cm³/mol. The van der Waals surface area contributed by atoms with Gasteiger partial charge in [0.2, 0.25) is 0 Å². The highest BCUT2D eigenvalue weighted by molar-refractivity contribution is 9.10. The van der Waals surface area contributed by atoms with Crippen LogP contribution in [0.5, 0.6) is 0 Å². The van der Waals surface area contributed by atoms with Crippen molar-refractivity contribution in [2.45, 2.75) is 0 Å². The van der Waals surface area contributed by atoms with Crippen molar-refractivity contribution in [1.82, 2.24) is 9.97 Å². The van der Waals surface area contributed by atoms with Crippen LogP contribution in [0.1, 0.15) is 10.4 Å². The number of hydrogen-bond acceptors (Lipinski definition) is 3. The minimum Gasteiger partial charge on any atom is -0.305 e. The van der Waals surface area contributed by atoms with Gasteiger partial charge in [-0.2, -0.15) is 0 Å². The Hall–Kier alpha value is -1.24. The first-order valence-corrected chi connectivity index (χ1v) is 6.46.